The normalized spacial score (nSPS) is 11.6. The number of carbonyl (C=O) groups excluding carboxylic acids is 1. The first-order valence-electron chi connectivity index (χ1n) is 11.9. The highest BCUT2D eigenvalue weighted by atomic mass is 32.2. The Hall–Kier alpha value is -3.42. The van der Waals surface area contributed by atoms with E-state index in [9.17, 15) is 13.2 Å². The van der Waals surface area contributed by atoms with Crippen LogP contribution in [-0.4, -0.2) is 68.9 Å². The fourth-order valence-electron chi connectivity index (χ4n) is 4.04. The van der Waals surface area contributed by atoms with E-state index in [0.29, 0.717) is 49.3 Å². The van der Waals surface area contributed by atoms with Crippen LogP contribution in [0.2, 0.25) is 0 Å². The second-order valence-corrected chi connectivity index (χ2v) is 10.8. The number of rotatable bonds is 12. The van der Waals surface area contributed by atoms with Gasteiger partial charge < -0.3 is 14.2 Å². The highest BCUT2D eigenvalue weighted by Gasteiger charge is 2.20. The van der Waals surface area contributed by atoms with Crippen molar-refractivity contribution >= 4 is 32.7 Å². The minimum Gasteiger partial charge on any atom is -0.466 e. The lowest BCUT2D eigenvalue weighted by Crippen LogP contribution is -2.32. The van der Waals surface area contributed by atoms with Gasteiger partial charge in [0.2, 0.25) is 10.0 Å². The van der Waals surface area contributed by atoms with E-state index in [2.05, 4.69) is 6.07 Å². The third-order valence-corrected chi connectivity index (χ3v) is 6.95. The number of benzene rings is 2. The van der Waals surface area contributed by atoms with E-state index in [-0.39, 0.29) is 12.4 Å². The Morgan fingerprint density at radius 2 is 1.86 bits per heavy atom. The van der Waals surface area contributed by atoms with E-state index in [0.717, 1.165) is 23.4 Å². The van der Waals surface area contributed by atoms with Gasteiger partial charge in [-0.2, -0.15) is 5.26 Å². The number of aromatic nitrogens is 2. The SMILES string of the molecule is CCOC(=O)CCn1c(Cc2ccc(C#N)cc2)nc2cc(N(CCCN(C)C)S(C)(=O)=O)ccc21. The predicted molar refractivity (Wildman–Crippen MR) is 140 cm³/mol. The molecule has 10 heteroatoms. The van der Waals surface area contributed by atoms with Gasteiger partial charge in [-0.05, 0) is 69.9 Å². The first-order valence-corrected chi connectivity index (χ1v) is 13.7. The highest BCUT2D eigenvalue weighted by Crippen LogP contribution is 2.26. The number of fused-ring (bicyclic) bond motifs is 1. The molecule has 9 nitrogen and oxygen atoms in total. The highest BCUT2D eigenvalue weighted by molar-refractivity contribution is 7.92. The van der Waals surface area contributed by atoms with Gasteiger partial charge in [0.25, 0.3) is 0 Å². The molecule has 0 amide bonds. The number of imidazole rings is 1. The molecule has 0 aliphatic heterocycles. The average molecular weight is 512 g/mol. The van der Waals surface area contributed by atoms with Gasteiger partial charge in [0.1, 0.15) is 5.82 Å². The summed E-state index contributed by atoms with van der Waals surface area (Å²) in [5.41, 5.74) is 3.58. The molecule has 1 heterocycles. The minimum absolute atomic E-state index is 0.196. The summed E-state index contributed by atoms with van der Waals surface area (Å²) in [5, 5.41) is 9.07. The molecule has 0 aliphatic rings. The zero-order chi connectivity index (χ0) is 26.3. The Labute approximate surface area is 213 Å². The zero-order valence-corrected chi connectivity index (χ0v) is 22.1. The van der Waals surface area contributed by atoms with Crippen molar-refractivity contribution in [3.05, 3.63) is 59.4 Å². The Morgan fingerprint density at radius 3 is 2.47 bits per heavy atom. The van der Waals surface area contributed by atoms with E-state index in [1.807, 2.05) is 41.8 Å². The number of hydrogen-bond acceptors (Lipinski definition) is 7. The van der Waals surface area contributed by atoms with Crippen LogP contribution in [0.15, 0.2) is 42.5 Å². The van der Waals surface area contributed by atoms with Crippen molar-refractivity contribution in [3.8, 4) is 6.07 Å². The summed E-state index contributed by atoms with van der Waals surface area (Å²) >= 11 is 0. The lowest BCUT2D eigenvalue weighted by atomic mass is 10.1. The van der Waals surface area contributed by atoms with Crippen LogP contribution in [0.4, 0.5) is 5.69 Å². The fourth-order valence-corrected chi connectivity index (χ4v) is 5.00. The molecule has 0 saturated heterocycles. The first-order chi connectivity index (χ1) is 17.1. The van der Waals surface area contributed by atoms with Gasteiger partial charge in [0, 0.05) is 19.5 Å². The van der Waals surface area contributed by atoms with Crippen LogP contribution in [0.5, 0.6) is 0 Å². The van der Waals surface area contributed by atoms with Crippen LogP contribution in [0.3, 0.4) is 0 Å². The molecule has 2 aromatic carbocycles. The van der Waals surface area contributed by atoms with Crippen molar-refractivity contribution in [3.63, 3.8) is 0 Å². The monoisotopic (exact) mass is 511 g/mol. The molecular formula is C26H33N5O4S. The number of ether oxygens (including phenoxy) is 1. The van der Waals surface area contributed by atoms with E-state index >= 15 is 0 Å². The number of nitrogens with zero attached hydrogens (tertiary/aromatic N) is 5. The molecule has 0 unspecified atom stereocenters. The van der Waals surface area contributed by atoms with Crippen LogP contribution in [-0.2, 0) is 32.5 Å². The number of hydrogen-bond donors (Lipinski definition) is 0. The van der Waals surface area contributed by atoms with Gasteiger partial charge in [0.05, 0.1) is 47.6 Å². The summed E-state index contributed by atoms with van der Waals surface area (Å²) < 4.78 is 33.6. The van der Waals surface area contributed by atoms with Crippen LogP contribution in [0.25, 0.3) is 11.0 Å². The van der Waals surface area contributed by atoms with Crippen LogP contribution in [0.1, 0.15) is 36.7 Å². The molecule has 1 aromatic heterocycles. The number of sulfonamides is 1. The Balaban J connectivity index is 1.99. The zero-order valence-electron chi connectivity index (χ0n) is 21.3. The molecule has 0 N–H and O–H groups in total. The van der Waals surface area contributed by atoms with Gasteiger partial charge in [0.15, 0.2) is 0 Å². The van der Waals surface area contributed by atoms with Crippen LogP contribution < -0.4 is 4.31 Å². The minimum atomic E-state index is -3.48. The second kappa shape index (κ2) is 12.0. The molecule has 0 saturated carbocycles. The molecule has 3 rings (SSSR count). The van der Waals surface area contributed by atoms with E-state index in [4.69, 9.17) is 15.0 Å². The molecule has 0 fully saturated rings. The van der Waals surface area contributed by atoms with Crippen molar-refractivity contribution in [2.45, 2.75) is 32.7 Å². The molecule has 3 aromatic rings. The van der Waals surface area contributed by atoms with Gasteiger partial charge in [-0.15, -0.1) is 0 Å². The Morgan fingerprint density at radius 1 is 1.14 bits per heavy atom. The van der Waals surface area contributed by atoms with Crippen molar-refractivity contribution in [2.24, 2.45) is 0 Å². The molecule has 0 spiro atoms. The molecule has 0 atom stereocenters. The number of carbonyl (C=O) groups is 1. The van der Waals surface area contributed by atoms with Crippen molar-refractivity contribution in [2.75, 3.05) is 44.4 Å². The number of esters is 1. The summed E-state index contributed by atoms with van der Waals surface area (Å²) in [6.07, 6.45) is 2.59. The second-order valence-electron chi connectivity index (χ2n) is 8.89. The molecule has 0 radical (unpaired) electrons. The van der Waals surface area contributed by atoms with Crippen molar-refractivity contribution in [1.29, 1.82) is 5.26 Å². The molecule has 192 valence electrons. The van der Waals surface area contributed by atoms with Crippen molar-refractivity contribution < 1.29 is 17.9 Å². The largest absolute Gasteiger partial charge is 0.466 e. The van der Waals surface area contributed by atoms with Gasteiger partial charge in [-0.25, -0.2) is 13.4 Å². The Kier molecular flexibility index (Phi) is 9.07. The molecule has 0 aliphatic carbocycles. The van der Waals surface area contributed by atoms with E-state index in [1.165, 1.54) is 10.6 Å². The Bertz CT molecular complexity index is 1340. The summed E-state index contributed by atoms with van der Waals surface area (Å²) in [7, 11) is 0.429. The van der Waals surface area contributed by atoms with Gasteiger partial charge >= 0.3 is 5.97 Å². The molecule has 0 bridgehead atoms. The molecular weight excluding hydrogens is 478 g/mol. The fraction of sp³-hybridized carbons (Fsp3) is 0.423. The summed E-state index contributed by atoms with van der Waals surface area (Å²) in [4.78, 5) is 18.9. The van der Waals surface area contributed by atoms with Gasteiger partial charge in [-0.3, -0.25) is 9.10 Å². The predicted octanol–water partition coefficient (Wildman–Crippen LogP) is 3.17. The number of aryl methyl sites for hydroxylation is 1. The third kappa shape index (κ3) is 7.06. The number of anilines is 1. The van der Waals surface area contributed by atoms with Crippen molar-refractivity contribution in [1.82, 2.24) is 14.5 Å². The first kappa shape index (κ1) is 27.2. The van der Waals surface area contributed by atoms with E-state index in [1.54, 1.807) is 31.2 Å². The van der Waals surface area contributed by atoms with E-state index < -0.39 is 10.0 Å². The summed E-state index contributed by atoms with van der Waals surface area (Å²) in [6.45, 7) is 3.61. The smallest absolute Gasteiger partial charge is 0.307 e. The lowest BCUT2D eigenvalue weighted by Gasteiger charge is -2.23. The standard InChI is InChI=1S/C26H33N5O4S/c1-5-35-26(32)13-16-30-24-12-11-22(31(36(4,33)34)15-6-14-29(2)3)18-23(24)28-25(30)17-20-7-9-21(19-27)10-8-20/h7-12,18H,5-6,13-17H2,1-4H3. The van der Waals surface area contributed by atoms with Crippen LogP contribution >= 0.6 is 0 Å². The molecule has 36 heavy (non-hydrogen) atoms. The van der Waals surface area contributed by atoms with Crippen LogP contribution in [0, 0.1) is 11.3 Å². The topological polar surface area (TPSA) is 109 Å². The number of nitriles is 1. The quantitative estimate of drug-likeness (QED) is 0.344. The maximum Gasteiger partial charge on any atom is 0.307 e. The maximum absolute atomic E-state index is 12.6. The third-order valence-electron chi connectivity index (χ3n) is 5.76. The summed E-state index contributed by atoms with van der Waals surface area (Å²) in [6, 6.07) is 14.8. The summed E-state index contributed by atoms with van der Waals surface area (Å²) in [5.74, 6) is 0.458. The average Bonchev–Trinajstić information content (AvgIpc) is 3.16. The lowest BCUT2D eigenvalue weighted by molar-refractivity contribution is -0.143. The maximum atomic E-state index is 12.6. The van der Waals surface area contributed by atoms with Gasteiger partial charge in [-0.1, -0.05) is 12.1 Å².